The van der Waals surface area contributed by atoms with Crippen LogP contribution in [0.15, 0.2) is 30.3 Å². The lowest BCUT2D eigenvalue weighted by atomic mass is 10.2. The van der Waals surface area contributed by atoms with Crippen molar-refractivity contribution in [3.63, 3.8) is 0 Å². The molecular weight excluding hydrogens is 248 g/mol. The van der Waals surface area contributed by atoms with Crippen molar-refractivity contribution in [2.75, 3.05) is 6.54 Å². The molecule has 1 fully saturated rings. The van der Waals surface area contributed by atoms with Crippen LogP contribution in [0.4, 0.5) is 4.79 Å². The molecule has 0 bridgehead atoms. The van der Waals surface area contributed by atoms with E-state index in [-0.39, 0.29) is 12.6 Å². The molecule has 6 heteroatoms. The molecule has 1 aliphatic rings. The van der Waals surface area contributed by atoms with Crippen molar-refractivity contribution in [2.24, 2.45) is 0 Å². The second-order valence-electron chi connectivity index (χ2n) is 4.44. The number of carboxylic acids is 1. The quantitative estimate of drug-likeness (QED) is 0.746. The van der Waals surface area contributed by atoms with E-state index in [1.165, 1.54) is 0 Å². The number of alkyl carbamates (subject to hydrolysis) is 1. The monoisotopic (exact) mass is 264 g/mol. The van der Waals surface area contributed by atoms with Crippen molar-refractivity contribution in [3.05, 3.63) is 35.9 Å². The SMILES string of the molecule is O=C(N[C@@H]1CN[C@@H](C(=O)O)C1)OCc1ccccc1. The largest absolute Gasteiger partial charge is 0.480 e. The lowest BCUT2D eigenvalue weighted by Gasteiger charge is -2.11. The molecule has 102 valence electrons. The van der Waals surface area contributed by atoms with Gasteiger partial charge in [0.05, 0.1) is 0 Å². The van der Waals surface area contributed by atoms with Crippen LogP contribution in [-0.2, 0) is 16.1 Å². The maximum atomic E-state index is 11.5. The van der Waals surface area contributed by atoms with Crippen LogP contribution in [0.5, 0.6) is 0 Å². The van der Waals surface area contributed by atoms with Gasteiger partial charge in [-0.05, 0) is 12.0 Å². The van der Waals surface area contributed by atoms with Crippen LogP contribution in [0.2, 0.25) is 0 Å². The van der Waals surface area contributed by atoms with Crippen molar-refractivity contribution in [3.8, 4) is 0 Å². The Morgan fingerprint density at radius 1 is 1.37 bits per heavy atom. The average molecular weight is 264 g/mol. The van der Waals surface area contributed by atoms with Gasteiger partial charge in [0.2, 0.25) is 0 Å². The van der Waals surface area contributed by atoms with Crippen LogP contribution >= 0.6 is 0 Å². The number of aliphatic carboxylic acids is 1. The Morgan fingerprint density at radius 2 is 2.11 bits per heavy atom. The summed E-state index contributed by atoms with van der Waals surface area (Å²) in [5, 5.41) is 14.3. The smallest absolute Gasteiger partial charge is 0.407 e. The first-order valence-electron chi connectivity index (χ1n) is 6.08. The minimum absolute atomic E-state index is 0.204. The highest BCUT2D eigenvalue weighted by atomic mass is 16.5. The highest BCUT2D eigenvalue weighted by molar-refractivity contribution is 5.74. The molecule has 1 amide bonds. The van der Waals surface area contributed by atoms with Gasteiger partial charge in [0.25, 0.3) is 0 Å². The fourth-order valence-corrected chi connectivity index (χ4v) is 1.97. The van der Waals surface area contributed by atoms with Crippen molar-refractivity contribution in [1.82, 2.24) is 10.6 Å². The number of benzene rings is 1. The van der Waals surface area contributed by atoms with Gasteiger partial charge in [0, 0.05) is 12.6 Å². The fraction of sp³-hybridized carbons (Fsp3) is 0.385. The summed E-state index contributed by atoms with van der Waals surface area (Å²) < 4.78 is 5.06. The number of hydrogen-bond acceptors (Lipinski definition) is 4. The highest BCUT2D eigenvalue weighted by Crippen LogP contribution is 2.07. The number of amides is 1. The number of nitrogens with one attached hydrogen (secondary N) is 2. The molecule has 1 heterocycles. The lowest BCUT2D eigenvalue weighted by Crippen LogP contribution is -2.36. The van der Waals surface area contributed by atoms with Crippen LogP contribution in [0.25, 0.3) is 0 Å². The Balaban J connectivity index is 1.72. The van der Waals surface area contributed by atoms with E-state index in [0.717, 1.165) is 5.56 Å². The van der Waals surface area contributed by atoms with E-state index in [0.29, 0.717) is 13.0 Å². The molecule has 2 rings (SSSR count). The van der Waals surface area contributed by atoms with Gasteiger partial charge in [-0.25, -0.2) is 4.79 Å². The molecule has 0 unspecified atom stereocenters. The summed E-state index contributed by atoms with van der Waals surface area (Å²) in [4.78, 5) is 22.3. The predicted octanol–water partition coefficient (Wildman–Crippen LogP) is 0.728. The Bertz CT molecular complexity index is 449. The molecule has 0 saturated carbocycles. The zero-order chi connectivity index (χ0) is 13.7. The summed E-state index contributed by atoms with van der Waals surface area (Å²) in [6.45, 7) is 0.645. The summed E-state index contributed by atoms with van der Waals surface area (Å²) in [7, 11) is 0. The van der Waals surface area contributed by atoms with Crippen LogP contribution in [0.3, 0.4) is 0 Å². The van der Waals surface area contributed by atoms with E-state index in [2.05, 4.69) is 10.6 Å². The summed E-state index contributed by atoms with van der Waals surface area (Å²) in [5.41, 5.74) is 0.908. The molecule has 1 aliphatic heterocycles. The van der Waals surface area contributed by atoms with Gasteiger partial charge in [-0.1, -0.05) is 30.3 Å². The summed E-state index contributed by atoms with van der Waals surface area (Å²) >= 11 is 0. The molecule has 1 aromatic carbocycles. The van der Waals surface area contributed by atoms with Gasteiger partial charge in [-0.3, -0.25) is 4.79 Å². The fourth-order valence-electron chi connectivity index (χ4n) is 1.97. The normalized spacial score (nSPS) is 21.9. The Morgan fingerprint density at radius 3 is 2.74 bits per heavy atom. The molecule has 3 N–H and O–H groups in total. The topological polar surface area (TPSA) is 87.7 Å². The number of hydrogen-bond donors (Lipinski definition) is 3. The van der Waals surface area contributed by atoms with Gasteiger partial charge < -0.3 is 20.5 Å². The van der Waals surface area contributed by atoms with E-state index < -0.39 is 18.1 Å². The van der Waals surface area contributed by atoms with E-state index >= 15 is 0 Å². The number of ether oxygens (including phenoxy) is 1. The third kappa shape index (κ3) is 3.96. The van der Waals surface area contributed by atoms with Gasteiger partial charge >= 0.3 is 12.1 Å². The lowest BCUT2D eigenvalue weighted by molar-refractivity contribution is -0.139. The second kappa shape index (κ2) is 6.19. The summed E-state index contributed by atoms with van der Waals surface area (Å²) in [5.74, 6) is -0.901. The second-order valence-corrected chi connectivity index (χ2v) is 4.44. The number of carbonyl (C=O) groups is 2. The van der Waals surface area contributed by atoms with Crippen molar-refractivity contribution in [1.29, 1.82) is 0 Å². The van der Waals surface area contributed by atoms with Crippen molar-refractivity contribution < 1.29 is 19.4 Å². The van der Waals surface area contributed by atoms with Gasteiger partial charge in [0.15, 0.2) is 0 Å². The molecule has 6 nitrogen and oxygen atoms in total. The van der Waals surface area contributed by atoms with Crippen LogP contribution in [0.1, 0.15) is 12.0 Å². The third-order valence-electron chi connectivity index (χ3n) is 2.96. The van der Waals surface area contributed by atoms with Crippen LogP contribution < -0.4 is 10.6 Å². The maximum Gasteiger partial charge on any atom is 0.407 e. The summed E-state index contributed by atoms with van der Waals surface area (Å²) in [6.07, 6.45) is -0.155. The molecule has 19 heavy (non-hydrogen) atoms. The number of carbonyl (C=O) groups excluding carboxylic acids is 1. The van der Waals surface area contributed by atoms with Gasteiger partial charge in [0.1, 0.15) is 12.6 Å². The Labute approximate surface area is 110 Å². The molecule has 0 spiro atoms. The third-order valence-corrected chi connectivity index (χ3v) is 2.96. The minimum Gasteiger partial charge on any atom is -0.480 e. The van der Waals surface area contributed by atoms with E-state index in [1.807, 2.05) is 30.3 Å². The Kier molecular flexibility index (Phi) is 4.35. The molecule has 1 saturated heterocycles. The maximum absolute atomic E-state index is 11.5. The molecule has 0 aromatic heterocycles. The van der Waals surface area contributed by atoms with E-state index in [1.54, 1.807) is 0 Å². The van der Waals surface area contributed by atoms with Crippen molar-refractivity contribution >= 4 is 12.1 Å². The first-order valence-corrected chi connectivity index (χ1v) is 6.08. The molecule has 0 radical (unpaired) electrons. The number of rotatable bonds is 4. The molecule has 2 atom stereocenters. The van der Waals surface area contributed by atoms with Gasteiger partial charge in [-0.15, -0.1) is 0 Å². The zero-order valence-corrected chi connectivity index (χ0v) is 10.3. The first-order chi connectivity index (χ1) is 9.15. The highest BCUT2D eigenvalue weighted by Gasteiger charge is 2.30. The molecule has 0 aliphatic carbocycles. The van der Waals surface area contributed by atoms with Crippen LogP contribution in [0, 0.1) is 0 Å². The molecule has 1 aromatic rings. The first kappa shape index (κ1) is 13.4. The minimum atomic E-state index is -0.901. The number of carboxylic acid groups (broad SMARTS) is 1. The van der Waals surface area contributed by atoms with E-state index in [9.17, 15) is 9.59 Å². The van der Waals surface area contributed by atoms with Crippen molar-refractivity contribution in [2.45, 2.75) is 25.1 Å². The van der Waals surface area contributed by atoms with E-state index in [4.69, 9.17) is 9.84 Å². The Hall–Kier alpha value is -2.08. The van der Waals surface area contributed by atoms with Gasteiger partial charge in [-0.2, -0.15) is 0 Å². The molecular formula is C13H16N2O4. The summed E-state index contributed by atoms with van der Waals surface area (Å²) in [6, 6.07) is 8.56. The zero-order valence-electron chi connectivity index (χ0n) is 10.3. The standard InChI is InChI=1S/C13H16N2O4/c16-12(17)11-6-10(7-14-11)15-13(18)19-8-9-4-2-1-3-5-9/h1-5,10-11,14H,6-8H2,(H,15,18)(H,16,17)/t10-,11+/m0/s1. The predicted molar refractivity (Wildman–Crippen MR) is 67.6 cm³/mol. The van der Waals surface area contributed by atoms with Crippen LogP contribution in [-0.4, -0.2) is 35.8 Å². The average Bonchev–Trinajstić information content (AvgIpc) is 2.86.